The van der Waals surface area contributed by atoms with E-state index in [0.29, 0.717) is 83.6 Å². The van der Waals surface area contributed by atoms with Gasteiger partial charge in [0.05, 0.1) is 93.7 Å². The Morgan fingerprint density at radius 2 is 0.787 bits per heavy atom. The van der Waals surface area contributed by atoms with Crippen LogP contribution in [-0.2, 0) is 38.1 Å². The molecule has 4 aliphatic heterocycles. The fourth-order valence-corrected chi connectivity index (χ4v) is 12.1. The lowest BCUT2D eigenvalue weighted by molar-refractivity contribution is -0.140. The van der Waals surface area contributed by atoms with E-state index in [2.05, 4.69) is 42.5 Å². The Balaban J connectivity index is 0.000000199. The van der Waals surface area contributed by atoms with E-state index < -0.39 is 66.1 Å². The van der Waals surface area contributed by atoms with Gasteiger partial charge in [-0.25, -0.2) is 33.6 Å². The Bertz CT molecular complexity index is 3790. The third kappa shape index (κ3) is 18.8. The van der Waals surface area contributed by atoms with Crippen molar-refractivity contribution in [3.63, 3.8) is 0 Å². The maximum atomic E-state index is 12.7. The van der Waals surface area contributed by atoms with E-state index in [-0.39, 0.29) is 91.1 Å². The highest BCUT2D eigenvalue weighted by atomic mass is 35.5. The molecular weight excluding hydrogens is 1410 g/mol. The lowest BCUT2D eigenvalue weighted by Gasteiger charge is -2.31. The predicted molar refractivity (Wildman–Crippen MR) is 363 cm³/mol. The molecule has 4 heterocycles. The number of phenolic OH excluding ortho intramolecular Hbond substituents is 3. The minimum absolute atomic E-state index is 0.00903. The van der Waals surface area contributed by atoms with Gasteiger partial charge in [0.25, 0.3) is 0 Å². The van der Waals surface area contributed by atoms with E-state index >= 15 is 0 Å². The van der Waals surface area contributed by atoms with Crippen LogP contribution in [0, 0.1) is 0 Å². The Morgan fingerprint density at radius 3 is 1.21 bits per heavy atom. The summed E-state index contributed by atoms with van der Waals surface area (Å²) in [6, 6.07) is 17.7. The molecule has 0 aromatic heterocycles. The van der Waals surface area contributed by atoms with Crippen LogP contribution in [-0.4, -0.2) is 88.8 Å². The Morgan fingerprint density at radius 1 is 0.436 bits per heavy atom. The zero-order valence-electron chi connectivity index (χ0n) is 50.9. The summed E-state index contributed by atoms with van der Waals surface area (Å²) >= 11 is 53.2. The molecule has 31 heteroatoms. The highest BCUT2D eigenvalue weighted by molar-refractivity contribution is 7.80. The maximum absolute atomic E-state index is 12.7. The van der Waals surface area contributed by atoms with Crippen LogP contribution in [0.5, 0.6) is 17.2 Å². The van der Waals surface area contributed by atoms with E-state index in [9.17, 15) is 48.9 Å². The third-order valence-electron chi connectivity index (χ3n) is 13.7. The van der Waals surface area contributed by atoms with Crippen molar-refractivity contribution < 1.29 is 67.8 Å². The first-order valence-corrected chi connectivity index (χ1v) is 32.0. The van der Waals surface area contributed by atoms with Crippen molar-refractivity contribution in [2.75, 3.05) is 26.4 Å². The smallest absolute Gasteiger partial charge is 0.338 e. The lowest BCUT2D eigenvalue weighted by Crippen LogP contribution is -2.45. The summed E-state index contributed by atoms with van der Waals surface area (Å²) < 4.78 is 20.4. The Kier molecular flexibility index (Phi) is 27.6. The summed E-state index contributed by atoms with van der Waals surface area (Å²) in [5.74, 6) is -2.89. The number of halogens is 8. The fraction of sp³-hybridized carbons (Fsp3) is 0.270. The number of ether oxygens (including phenoxy) is 4. The highest BCUT2D eigenvalue weighted by Crippen LogP contribution is 2.43. The number of hydrogen-bond donors (Lipinski definition) is 11. The number of hydrogen-bond acceptors (Lipinski definition) is 15. The second-order valence-corrected chi connectivity index (χ2v) is 23.7. The van der Waals surface area contributed by atoms with Gasteiger partial charge in [-0.1, -0.05) is 137 Å². The van der Waals surface area contributed by atoms with Gasteiger partial charge in [0, 0.05) is 58.9 Å². The summed E-state index contributed by atoms with van der Waals surface area (Å²) in [7, 11) is 0. The summed E-state index contributed by atoms with van der Waals surface area (Å²) in [5.41, 5.74) is 4.82. The average Bonchev–Trinajstić information content (AvgIpc) is 0.790. The standard InChI is InChI=1S/C19H16Cl2N2O4.C15H16Cl2N2O4.C15H16Cl2N2O3S.C14H14Cl2N2O3/c1-2-27-18(25)14-15(10-6-4-3-5-7-10)22-19(26)23-16(14)12-8-11(20)9-13(21)17(12)24;1-3-10-11(14(21)23-4-2)12(19-15(22)18-10)8-5-7(16)6-9(17)13(8)20;1-3-10-11(14(21)22-4-2)12(19-15(23)18-10)8-5-7(16)6-9(17)13(8)20;1-3-21-13(19)11-7(2)17-14(20)18-12(11)8-4-9(15)6-10(16)5-8/h3-9,16,24H,2H2,1H3,(H2,22,23,26);5-6,12,20H,3-4H2,1-2H3,(H2,18,19,22);5-6,12,20H,3-4H2,1-2H3,(H2,18,19,23);4-6,12H,3H2,1-2H3,(H2,17,18,20). The predicted octanol–water partition coefficient (Wildman–Crippen LogP) is 13.9. The van der Waals surface area contributed by atoms with Crippen LogP contribution in [0.25, 0.3) is 5.70 Å². The van der Waals surface area contributed by atoms with Crippen LogP contribution >= 0.6 is 105 Å². The Hall–Kier alpha value is -7.84. The van der Waals surface area contributed by atoms with Crippen LogP contribution in [0.3, 0.4) is 0 Å². The van der Waals surface area contributed by atoms with E-state index in [1.54, 1.807) is 90.1 Å². The van der Waals surface area contributed by atoms with Gasteiger partial charge in [-0.2, -0.15) is 0 Å². The van der Waals surface area contributed by atoms with E-state index in [1.165, 1.54) is 30.3 Å². The molecule has 0 saturated heterocycles. The van der Waals surface area contributed by atoms with Gasteiger partial charge in [0.15, 0.2) is 5.11 Å². The molecule has 4 unspecified atom stereocenters. The number of benzene rings is 5. The first-order valence-electron chi connectivity index (χ1n) is 28.6. The normalized spacial score (nSPS) is 17.4. The minimum atomic E-state index is -0.996. The van der Waals surface area contributed by atoms with Crippen molar-refractivity contribution in [3.8, 4) is 17.2 Å². The minimum Gasteiger partial charge on any atom is -0.506 e. The third-order valence-corrected chi connectivity index (χ3v) is 15.9. The molecule has 0 spiro atoms. The molecule has 22 nitrogen and oxygen atoms in total. The zero-order chi connectivity index (χ0) is 69.4. The van der Waals surface area contributed by atoms with Crippen molar-refractivity contribution in [1.29, 1.82) is 0 Å². The second kappa shape index (κ2) is 34.5. The van der Waals surface area contributed by atoms with Crippen molar-refractivity contribution in [1.82, 2.24) is 42.5 Å². The molecular formula is C63H62Cl8N8O14S. The zero-order valence-corrected chi connectivity index (χ0v) is 57.8. The van der Waals surface area contributed by atoms with Gasteiger partial charge in [-0.15, -0.1) is 0 Å². The molecule has 9 rings (SSSR count). The highest BCUT2D eigenvalue weighted by Gasteiger charge is 2.39. The summed E-state index contributed by atoms with van der Waals surface area (Å²) in [4.78, 5) is 85.4. The van der Waals surface area contributed by atoms with Gasteiger partial charge in [-0.3, -0.25) is 0 Å². The second-order valence-electron chi connectivity index (χ2n) is 19.9. The molecule has 500 valence electrons. The largest absolute Gasteiger partial charge is 0.506 e. The number of carbonyl (C=O) groups is 7. The molecule has 0 aliphatic carbocycles. The SMILES string of the molecule is CCOC(=O)C1=C(C)NC(=O)NC1c1cc(Cl)cc(Cl)c1.CCOC(=O)C1=C(CC)NC(=O)NC1c1cc(Cl)cc(Cl)c1O.CCOC(=O)C1=C(CC)NC(=S)NC1c1cc(Cl)cc(Cl)c1O.CCOC(=O)C1=C(c2ccccc2)NC(=O)NC1c1cc(Cl)cc(Cl)c1O. The number of aromatic hydroxyl groups is 3. The molecule has 0 saturated carbocycles. The number of nitrogens with one attached hydrogen (secondary N) is 8. The number of phenols is 3. The number of urea groups is 3. The van der Waals surface area contributed by atoms with Crippen LogP contribution in [0.15, 0.2) is 124 Å². The Labute approximate surface area is 585 Å². The molecule has 0 radical (unpaired) electrons. The molecule has 11 N–H and O–H groups in total. The molecule has 5 aromatic carbocycles. The van der Waals surface area contributed by atoms with Gasteiger partial charge in [0.1, 0.15) is 17.2 Å². The number of thiocarbonyl (C=S) groups is 1. The summed E-state index contributed by atoms with van der Waals surface area (Å²) in [6.07, 6.45) is 0.953. The summed E-state index contributed by atoms with van der Waals surface area (Å²) in [5, 5.41) is 54.7. The quantitative estimate of drug-likeness (QED) is 0.0264. The van der Waals surface area contributed by atoms with E-state index in [4.69, 9.17) is 124 Å². The topological polar surface area (TPSA) is 313 Å². The van der Waals surface area contributed by atoms with Gasteiger partial charge >= 0.3 is 42.0 Å². The van der Waals surface area contributed by atoms with Crippen molar-refractivity contribution in [2.45, 2.75) is 85.5 Å². The van der Waals surface area contributed by atoms with Crippen LogP contribution in [0.4, 0.5) is 14.4 Å². The number of carbonyl (C=O) groups excluding carboxylic acids is 7. The number of esters is 4. The number of amides is 6. The van der Waals surface area contributed by atoms with Crippen molar-refractivity contribution in [3.05, 3.63) is 192 Å². The monoisotopic (exact) mass is 1470 g/mol. The molecule has 94 heavy (non-hydrogen) atoms. The number of rotatable bonds is 15. The molecule has 4 aliphatic rings. The number of allylic oxidation sites excluding steroid dienone is 3. The first kappa shape index (κ1) is 75.2. The molecule has 0 bridgehead atoms. The molecule has 0 fully saturated rings. The molecule has 6 amide bonds. The molecule has 4 atom stereocenters. The van der Waals surface area contributed by atoms with Crippen LogP contribution in [0.1, 0.15) is 113 Å². The van der Waals surface area contributed by atoms with E-state index in [0.717, 1.165) is 0 Å². The molecule has 5 aromatic rings. The average molecular weight is 1470 g/mol. The fourth-order valence-electron chi connectivity index (χ4n) is 9.80. The van der Waals surface area contributed by atoms with Crippen molar-refractivity contribution in [2.24, 2.45) is 0 Å². The lowest BCUT2D eigenvalue weighted by atomic mass is 9.92. The summed E-state index contributed by atoms with van der Waals surface area (Å²) in [6.45, 7) is 12.9. The van der Waals surface area contributed by atoms with Crippen LogP contribution < -0.4 is 42.5 Å². The van der Waals surface area contributed by atoms with Gasteiger partial charge in [0.2, 0.25) is 0 Å². The van der Waals surface area contributed by atoms with E-state index in [1.807, 2.05) is 13.0 Å². The maximum Gasteiger partial charge on any atom is 0.338 e. The van der Waals surface area contributed by atoms with Crippen LogP contribution in [0.2, 0.25) is 40.2 Å². The van der Waals surface area contributed by atoms with Gasteiger partial charge in [-0.05, 0) is 125 Å². The first-order chi connectivity index (χ1) is 44.6. The van der Waals surface area contributed by atoms with Crippen molar-refractivity contribution >= 4 is 158 Å². The van der Waals surface area contributed by atoms with Gasteiger partial charge < -0.3 is 76.8 Å².